The van der Waals surface area contributed by atoms with E-state index in [1.807, 2.05) is 6.92 Å². The summed E-state index contributed by atoms with van der Waals surface area (Å²) in [4.78, 5) is 12.1. The maximum atomic E-state index is 12.1. The summed E-state index contributed by atoms with van der Waals surface area (Å²) in [7, 11) is 1.46. The number of hydrogen-bond donors (Lipinski definition) is 3. The van der Waals surface area contributed by atoms with Gasteiger partial charge in [0.25, 0.3) is 5.91 Å². The Bertz CT molecular complexity index is 624. The second-order valence-corrected chi connectivity index (χ2v) is 4.37. The molecule has 2 aromatic rings. The number of rotatable bonds is 3. The first-order valence-corrected chi connectivity index (χ1v) is 5.85. The summed E-state index contributed by atoms with van der Waals surface area (Å²) in [6, 6.07) is 4.68. The lowest BCUT2D eigenvalue weighted by Gasteiger charge is -2.10. The molecule has 1 aromatic carbocycles. The number of benzene rings is 1. The number of methoxy groups -OCH3 is 1. The number of halogens is 1. The molecule has 1 heterocycles. The number of nitrogens with zero attached hydrogens (tertiary/aromatic N) is 1. The van der Waals surface area contributed by atoms with Gasteiger partial charge in [-0.2, -0.15) is 5.10 Å². The van der Waals surface area contributed by atoms with Crippen LogP contribution < -0.4 is 15.8 Å². The van der Waals surface area contributed by atoms with Crippen molar-refractivity contribution in [3.8, 4) is 5.75 Å². The Balaban J connectivity index is 2.30. The molecule has 19 heavy (non-hydrogen) atoms. The number of nitrogens with two attached hydrogens (primary N) is 1. The van der Waals surface area contributed by atoms with Gasteiger partial charge in [-0.3, -0.25) is 9.89 Å². The fourth-order valence-electron chi connectivity index (χ4n) is 1.58. The van der Waals surface area contributed by atoms with Crippen LogP contribution in [0.15, 0.2) is 18.2 Å². The third-order valence-electron chi connectivity index (χ3n) is 2.51. The van der Waals surface area contributed by atoms with Crippen molar-refractivity contribution < 1.29 is 9.53 Å². The van der Waals surface area contributed by atoms with Gasteiger partial charge in [0, 0.05) is 17.8 Å². The van der Waals surface area contributed by atoms with E-state index in [1.54, 1.807) is 6.07 Å². The third-order valence-corrected chi connectivity index (χ3v) is 2.84. The quantitative estimate of drug-likeness (QED) is 0.752. The van der Waals surface area contributed by atoms with Crippen LogP contribution in [0.25, 0.3) is 0 Å². The molecular formula is C12H13ClN4O2. The van der Waals surface area contributed by atoms with Crippen molar-refractivity contribution in [3.05, 3.63) is 34.5 Å². The van der Waals surface area contributed by atoms with E-state index in [0.717, 1.165) is 5.69 Å². The highest BCUT2D eigenvalue weighted by Gasteiger charge is 2.16. The van der Waals surface area contributed by atoms with Crippen LogP contribution in [0.3, 0.4) is 0 Å². The number of aromatic amines is 1. The van der Waals surface area contributed by atoms with E-state index in [-0.39, 0.29) is 5.91 Å². The second kappa shape index (κ2) is 5.19. The molecule has 0 saturated carbocycles. The predicted molar refractivity (Wildman–Crippen MR) is 73.7 cm³/mol. The SMILES string of the molecule is COc1cc(N)c(Cl)cc1C(=O)Nc1cc(C)[nH]n1. The van der Waals surface area contributed by atoms with Crippen LogP contribution in [0.4, 0.5) is 11.5 Å². The number of amides is 1. The van der Waals surface area contributed by atoms with Gasteiger partial charge in [0.1, 0.15) is 5.75 Å². The summed E-state index contributed by atoms with van der Waals surface area (Å²) in [5, 5.41) is 9.59. The van der Waals surface area contributed by atoms with Crippen molar-refractivity contribution in [1.29, 1.82) is 0 Å². The molecule has 0 aliphatic carbocycles. The molecule has 100 valence electrons. The number of hydrogen-bond acceptors (Lipinski definition) is 4. The number of aryl methyl sites for hydroxylation is 1. The zero-order chi connectivity index (χ0) is 14.0. The molecule has 0 aliphatic heterocycles. The molecule has 0 saturated heterocycles. The Labute approximate surface area is 114 Å². The molecule has 0 fully saturated rings. The van der Waals surface area contributed by atoms with Crippen molar-refractivity contribution in [1.82, 2.24) is 10.2 Å². The summed E-state index contributed by atoms with van der Waals surface area (Å²) in [5.74, 6) is 0.411. The van der Waals surface area contributed by atoms with Gasteiger partial charge in [-0.15, -0.1) is 0 Å². The first kappa shape index (κ1) is 13.2. The number of aromatic nitrogens is 2. The second-order valence-electron chi connectivity index (χ2n) is 3.96. The van der Waals surface area contributed by atoms with E-state index >= 15 is 0 Å². The van der Waals surface area contributed by atoms with Crippen LogP contribution in [-0.4, -0.2) is 23.2 Å². The molecule has 2 rings (SSSR count). The van der Waals surface area contributed by atoms with Crippen LogP contribution in [-0.2, 0) is 0 Å². The number of anilines is 2. The topological polar surface area (TPSA) is 93.0 Å². The zero-order valence-corrected chi connectivity index (χ0v) is 11.2. The molecule has 0 bridgehead atoms. The van der Waals surface area contributed by atoms with Crippen LogP contribution in [0.5, 0.6) is 5.75 Å². The Morgan fingerprint density at radius 3 is 2.79 bits per heavy atom. The molecule has 0 aliphatic rings. The van der Waals surface area contributed by atoms with E-state index in [9.17, 15) is 4.79 Å². The molecule has 1 amide bonds. The van der Waals surface area contributed by atoms with Gasteiger partial charge in [-0.05, 0) is 13.0 Å². The van der Waals surface area contributed by atoms with E-state index in [4.69, 9.17) is 22.1 Å². The average Bonchev–Trinajstić information content (AvgIpc) is 2.77. The lowest BCUT2D eigenvalue weighted by molar-refractivity contribution is 0.102. The molecule has 0 radical (unpaired) electrons. The predicted octanol–water partition coefficient (Wildman–Crippen LogP) is 2.21. The highest BCUT2D eigenvalue weighted by Crippen LogP contribution is 2.29. The number of carbonyl (C=O) groups excluding carboxylic acids is 1. The van der Waals surface area contributed by atoms with Crippen molar-refractivity contribution >= 4 is 29.0 Å². The first-order valence-electron chi connectivity index (χ1n) is 5.47. The van der Waals surface area contributed by atoms with E-state index < -0.39 is 0 Å². The monoisotopic (exact) mass is 280 g/mol. The fraction of sp³-hybridized carbons (Fsp3) is 0.167. The lowest BCUT2D eigenvalue weighted by Crippen LogP contribution is -2.14. The van der Waals surface area contributed by atoms with Gasteiger partial charge < -0.3 is 15.8 Å². The van der Waals surface area contributed by atoms with Crippen LogP contribution in [0.2, 0.25) is 5.02 Å². The van der Waals surface area contributed by atoms with Gasteiger partial charge >= 0.3 is 0 Å². The summed E-state index contributed by atoms with van der Waals surface area (Å²) < 4.78 is 5.12. The summed E-state index contributed by atoms with van der Waals surface area (Å²) in [5.41, 5.74) is 7.15. The highest BCUT2D eigenvalue weighted by atomic mass is 35.5. The highest BCUT2D eigenvalue weighted by molar-refractivity contribution is 6.33. The normalized spacial score (nSPS) is 10.3. The smallest absolute Gasteiger partial charge is 0.260 e. The average molecular weight is 281 g/mol. The Morgan fingerprint density at radius 2 is 2.21 bits per heavy atom. The van der Waals surface area contributed by atoms with Crippen molar-refractivity contribution in [2.24, 2.45) is 0 Å². The minimum atomic E-state index is -0.370. The summed E-state index contributed by atoms with van der Waals surface area (Å²) in [6.07, 6.45) is 0. The Kier molecular flexibility index (Phi) is 3.62. The van der Waals surface area contributed by atoms with Crippen molar-refractivity contribution in [3.63, 3.8) is 0 Å². The molecule has 7 heteroatoms. The number of H-pyrrole nitrogens is 1. The van der Waals surface area contributed by atoms with Crippen LogP contribution in [0, 0.1) is 6.92 Å². The Morgan fingerprint density at radius 1 is 1.47 bits per heavy atom. The van der Waals surface area contributed by atoms with Gasteiger partial charge in [-0.1, -0.05) is 11.6 Å². The molecular weight excluding hydrogens is 268 g/mol. The standard InChI is InChI=1S/C12H13ClN4O2/c1-6-3-11(17-16-6)15-12(18)7-4-8(13)9(14)5-10(7)19-2/h3-5H,14H2,1-2H3,(H2,15,16,17,18). The third kappa shape index (κ3) is 2.79. The number of ether oxygens (including phenoxy) is 1. The van der Waals surface area contributed by atoms with Gasteiger partial charge in [-0.25, -0.2) is 0 Å². The lowest BCUT2D eigenvalue weighted by atomic mass is 10.1. The fourth-order valence-corrected chi connectivity index (χ4v) is 1.74. The maximum Gasteiger partial charge on any atom is 0.260 e. The number of nitrogens with one attached hydrogen (secondary N) is 2. The van der Waals surface area contributed by atoms with Crippen LogP contribution in [0.1, 0.15) is 16.1 Å². The van der Waals surface area contributed by atoms with E-state index in [2.05, 4.69) is 15.5 Å². The summed E-state index contributed by atoms with van der Waals surface area (Å²) >= 11 is 5.91. The first-order chi connectivity index (χ1) is 9.01. The van der Waals surface area contributed by atoms with Crippen molar-refractivity contribution in [2.45, 2.75) is 6.92 Å². The molecule has 0 spiro atoms. The largest absolute Gasteiger partial charge is 0.496 e. The van der Waals surface area contributed by atoms with Gasteiger partial charge in [0.15, 0.2) is 5.82 Å². The van der Waals surface area contributed by atoms with Crippen molar-refractivity contribution in [2.75, 3.05) is 18.2 Å². The minimum absolute atomic E-state index is 0.294. The molecule has 1 aromatic heterocycles. The summed E-state index contributed by atoms with van der Waals surface area (Å²) in [6.45, 7) is 1.84. The number of carbonyl (C=O) groups is 1. The minimum Gasteiger partial charge on any atom is -0.496 e. The molecule has 0 unspecified atom stereocenters. The molecule has 0 atom stereocenters. The molecule has 6 nitrogen and oxygen atoms in total. The van der Waals surface area contributed by atoms with Gasteiger partial charge in [0.2, 0.25) is 0 Å². The van der Waals surface area contributed by atoms with E-state index in [1.165, 1.54) is 19.2 Å². The molecule has 4 N–H and O–H groups in total. The number of nitrogen functional groups attached to an aromatic ring is 1. The Hall–Kier alpha value is -2.21. The van der Waals surface area contributed by atoms with Gasteiger partial charge in [0.05, 0.1) is 23.4 Å². The maximum absolute atomic E-state index is 12.1. The zero-order valence-electron chi connectivity index (χ0n) is 10.5. The van der Waals surface area contributed by atoms with E-state index in [0.29, 0.717) is 27.8 Å². The van der Waals surface area contributed by atoms with Crippen LogP contribution >= 0.6 is 11.6 Å².